The summed E-state index contributed by atoms with van der Waals surface area (Å²) in [4.78, 5) is 29.1. The largest absolute Gasteiger partial charge is 0.388 e. The minimum atomic E-state index is -4.10. The van der Waals surface area contributed by atoms with Gasteiger partial charge in [-0.1, -0.05) is 41.5 Å². The first-order valence-corrected chi connectivity index (χ1v) is 30.5. The van der Waals surface area contributed by atoms with Crippen LogP contribution in [0, 0.1) is 23.7 Å². The Labute approximate surface area is 427 Å². The average molecular weight is 1100 g/mol. The van der Waals surface area contributed by atoms with Gasteiger partial charge in [-0.05, 0) is 78.1 Å². The molecule has 424 valence electrons. The van der Waals surface area contributed by atoms with E-state index in [4.69, 9.17) is 23.7 Å². The van der Waals surface area contributed by atoms with Crippen LogP contribution >= 0.6 is 0 Å². The quantitative estimate of drug-likeness (QED) is 0.0549. The van der Waals surface area contributed by atoms with Crippen molar-refractivity contribution >= 4 is 41.8 Å². The van der Waals surface area contributed by atoms with E-state index in [0.717, 1.165) is 23.1 Å². The average Bonchev–Trinajstić information content (AvgIpc) is 3.22. The molecule has 3 aliphatic heterocycles. The Kier molecular flexibility index (Phi) is 22.8. The predicted octanol–water partition coefficient (Wildman–Crippen LogP) is -0.200. The third-order valence-electron chi connectivity index (χ3n) is 13.7. The highest BCUT2D eigenvalue weighted by Crippen LogP contribution is 2.37. The number of hydrogen-bond acceptors (Lipinski definition) is 19. The molecule has 3 rings (SSSR count). The molecule has 0 aromatic carbocycles. The van der Waals surface area contributed by atoms with Crippen molar-refractivity contribution in [2.24, 2.45) is 23.7 Å². The Bertz CT molecular complexity index is 2120. The van der Waals surface area contributed by atoms with E-state index >= 15 is 0 Å². The highest BCUT2D eigenvalue weighted by atomic mass is 32.2. The summed E-state index contributed by atoms with van der Waals surface area (Å²) in [6.07, 6.45) is -6.33. The van der Waals surface area contributed by atoms with Gasteiger partial charge in [0, 0.05) is 62.8 Å². The minimum Gasteiger partial charge on any atom is -0.388 e. The zero-order chi connectivity index (χ0) is 55.3. The monoisotopic (exact) mass is 1100 g/mol. The second-order valence-electron chi connectivity index (χ2n) is 21.6. The Hall–Kier alpha value is -1.93. The van der Waals surface area contributed by atoms with Crippen molar-refractivity contribution < 1.29 is 89.2 Å². The highest BCUT2D eigenvalue weighted by Gasteiger charge is 2.52. The smallest absolute Gasteiger partial charge is 0.335 e. The fraction of sp³-hybridized carbons (Fsp3) is 0.956. The minimum absolute atomic E-state index is 0.108. The summed E-state index contributed by atoms with van der Waals surface area (Å²) in [5, 5.41) is 72.3. The van der Waals surface area contributed by atoms with E-state index in [1.54, 1.807) is 65.2 Å². The summed E-state index contributed by atoms with van der Waals surface area (Å²) < 4.78 is 109. The van der Waals surface area contributed by atoms with Crippen molar-refractivity contribution in [1.29, 1.82) is 0 Å². The molecule has 14 unspecified atom stereocenters. The Morgan fingerprint density at radius 1 is 0.722 bits per heavy atom. The number of piperidine rings is 3. The van der Waals surface area contributed by atoms with E-state index in [2.05, 4.69) is 10.0 Å². The number of amides is 3. The second-order valence-corrected chi connectivity index (χ2v) is 27.6. The number of sulfone groups is 1. The van der Waals surface area contributed by atoms with Crippen LogP contribution < -0.4 is 10.0 Å². The summed E-state index contributed by atoms with van der Waals surface area (Å²) in [5.41, 5.74) is -3.63. The molecule has 3 heterocycles. The lowest BCUT2D eigenvalue weighted by Crippen LogP contribution is -2.65. The Balaban J connectivity index is 1.90. The maximum atomic E-state index is 13.6. The molecule has 3 fully saturated rings. The van der Waals surface area contributed by atoms with E-state index in [0.29, 0.717) is 13.0 Å². The summed E-state index contributed by atoms with van der Waals surface area (Å²) in [6.45, 7) is 17.0. The van der Waals surface area contributed by atoms with Gasteiger partial charge in [0.05, 0.1) is 54.8 Å². The molecule has 0 aliphatic carbocycles. The van der Waals surface area contributed by atoms with Crippen LogP contribution in [-0.4, -0.2) is 217 Å². The molecule has 72 heavy (non-hydrogen) atoms. The molecule has 3 aliphatic rings. The summed E-state index contributed by atoms with van der Waals surface area (Å²) in [7, 11) is -11.8. The first-order chi connectivity index (χ1) is 32.7. The number of rotatable bonds is 25. The number of aliphatic hydroxyl groups excluding tert-OH is 3. The number of hydrogen-bond donors (Lipinski definition) is 8. The summed E-state index contributed by atoms with van der Waals surface area (Å²) >= 11 is 0. The van der Waals surface area contributed by atoms with E-state index in [-0.39, 0.29) is 57.1 Å². The van der Waals surface area contributed by atoms with E-state index in [9.17, 15) is 65.5 Å². The lowest BCUT2D eigenvalue weighted by atomic mass is 9.87. The van der Waals surface area contributed by atoms with Crippen molar-refractivity contribution in [1.82, 2.24) is 24.1 Å². The van der Waals surface area contributed by atoms with Crippen LogP contribution in [0.1, 0.15) is 115 Å². The number of carbonyl (C=O) groups excluding carboxylic acids is 2. The van der Waals surface area contributed by atoms with E-state index < -0.39 is 151 Å². The van der Waals surface area contributed by atoms with Crippen LogP contribution in [-0.2, 0) is 58.4 Å². The van der Waals surface area contributed by atoms with Gasteiger partial charge < -0.3 is 69.4 Å². The van der Waals surface area contributed by atoms with Crippen molar-refractivity contribution in [2.75, 3.05) is 50.8 Å². The van der Waals surface area contributed by atoms with E-state index in [1.807, 2.05) is 0 Å². The molecule has 0 aromatic rings. The van der Waals surface area contributed by atoms with Crippen LogP contribution in [0.25, 0.3) is 0 Å². The molecular weight excluding hydrogens is 1010 g/mol. The molecule has 0 saturated carbocycles. The number of nitrogens with zero attached hydrogens (tertiary/aromatic N) is 3. The van der Waals surface area contributed by atoms with Crippen LogP contribution in [0.2, 0.25) is 0 Å². The highest BCUT2D eigenvalue weighted by molar-refractivity contribution is 7.90. The SMILES string of the molecule is CC(=O)N1CCC(OC(O)C(C)C2CC(OC(O)C(C)C3CC(OC(O)(OCCS(C)(=O)=O)C(O)OC(C(C)C)C(O)(NS(C)(=O)=O)C(C)C)CCN3S(C)(=O)=O)CCN2C(=O)NC(C)C)CC1C(C)(C)O. The van der Waals surface area contributed by atoms with Gasteiger partial charge in [0.1, 0.15) is 15.9 Å². The maximum Gasteiger partial charge on any atom is 0.335 e. The zero-order valence-corrected chi connectivity index (χ0v) is 46.9. The standard InChI is InChI=1S/C45H87N5O19S3/c1-26(2)38(44(57,27(3)4)47-71(13,61)62)68-41(54)45(58,65-21-22-70(12,59)60)69-34-17-20-50(72(14,63)64)36(24-34)30(8)40(53)66-32-16-19-49(42(55)46-28(5)6)35(23-32)29(7)39(52)67-33-15-18-48(31(9)51)37(25-33)43(10,11)56/h26-30,32-41,47,52-54,56-58H,15-25H2,1-14H3,(H,46,55). The van der Waals surface area contributed by atoms with Gasteiger partial charge >= 0.3 is 12.0 Å². The zero-order valence-electron chi connectivity index (χ0n) is 44.5. The molecule has 24 nitrogen and oxygen atoms in total. The number of likely N-dealkylation sites (tertiary alicyclic amines) is 2. The van der Waals surface area contributed by atoms with Gasteiger partial charge in [-0.25, -0.2) is 30.0 Å². The predicted molar refractivity (Wildman–Crippen MR) is 264 cm³/mol. The van der Waals surface area contributed by atoms with Crippen LogP contribution in [0.4, 0.5) is 4.79 Å². The van der Waals surface area contributed by atoms with Crippen molar-refractivity contribution in [3.63, 3.8) is 0 Å². The summed E-state index contributed by atoms with van der Waals surface area (Å²) in [5.74, 6) is -7.41. The molecule has 0 spiro atoms. The molecule has 8 N–H and O–H groups in total. The maximum absolute atomic E-state index is 13.6. The number of nitrogens with one attached hydrogen (secondary N) is 2. The first-order valence-electron chi connectivity index (χ1n) is 24.7. The van der Waals surface area contributed by atoms with Crippen LogP contribution in [0.3, 0.4) is 0 Å². The molecule has 0 bridgehead atoms. The topological polar surface area (TPSA) is 338 Å². The van der Waals surface area contributed by atoms with Gasteiger partial charge in [0.25, 0.3) is 0 Å². The van der Waals surface area contributed by atoms with Gasteiger partial charge in [0.15, 0.2) is 18.3 Å². The molecule has 14 atom stereocenters. The molecule has 3 saturated heterocycles. The Morgan fingerprint density at radius 2 is 1.22 bits per heavy atom. The first kappa shape index (κ1) is 64.4. The van der Waals surface area contributed by atoms with E-state index in [1.165, 1.54) is 20.8 Å². The summed E-state index contributed by atoms with van der Waals surface area (Å²) in [6, 6.07) is -3.00. The molecule has 0 radical (unpaired) electrons. The van der Waals surface area contributed by atoms with Gasteiger partial charge in [-0.2, -0.15) is 9.03 Å². The van der Waals surface area contributed by atoms with Gasteiger partial charge in [-0.3, -0.25) is 4.79 Å². The van der Waals surface area contributed by atoms with Crippen molar-refractivity contribution in [2.45, 2.75) is 199 Å². The number of ether oxygens (including phenoxy) is 5. The Morgan fingerprint density at radius 3 is 1.68 bits per heavy atom. The molecule has 3 amide bonds. The number of aliphatic hydroxyl groups is 6. The second kappa shape index (κ2) is 25.5. The lowest BCUT2D eigenvalue weighted by molar-refractivity contribution is -0.456. The number of carbonyl (C=O) groups is 2. The fourth-order valence-corrected chi connectivity index (χ4v) is 12.3. The van der Waals surface area contributed by atoms with Crippen molar-refractivity contribution in [3.05, 3.63) is 0 Å². The normalized spacial score (nSPS) is 27.7. The van der Waals surface area contributed by atoms with Crippen LogP contribution in [0.15, 0.2) is 0 Å². The molecule has 27 heteroatoms. The third kappa shape index (κ3) is 18.1. The number of sulfonamides is 2. The van der Waals surface area contributed by atoms with Crippen LogP contribution in [0.5, 0.6) is 0 Å². The molecular formula is C45H87N5O19S3. The fourth-order valence-electron chi connectivity index (χ4n) is 9.77. The van der Waals surface area contributed by atoms with Gasteiger partial charge in [-0.15, -0.1) is 0 Å². The lowest BCUT2D eigenvalue weighted by Gasteiger charge is -2.47. The molecule has 0 aromatic heterocycles. The van der Waals surface area contributed by atoms with Gasteiger partial charge in [0.2, 0.25) is 32.2 Å². The third-order valence-corrected chi connectivity index (χ3v) is 16.7. The number of urea groups is 1. The van der Waals surface area contributed by atoms with Crippen molar-refractivity contribution in [3.8, 4) is 0 Å².